The van der Waals surface area contributed by atoms with Crippen LogP contribution in [0.25, 0.3) is 0 Å². The Labute approximate surface area is 173 Å². The van der Waals surface area contributed by atoms with Crippen molar-refractivity contribution in [2.45, 2.75) is 41.2 Å². The fraction of sp³-hybridized carbons (Fsp3) is 0.348. The summed E-state index contributed by atoms with van der Waals surface area (Å²) in [5, 5.41) is 4.36. The Balaban J connectivity index is 0.00000190. The summed E-state index contributed by atoms with van der Waals surface area (Å²) in [6.45, 7) is 10.9. The van der Waals surface area contributed by atoms with Gasteiger partial charge in [0.15, 0.2) is 0 Å². The summed E-state index contributed by atoms with van der Waals surface area (Å²) in [5.41, 5.74) is 3.84. The van der Waals surface area contributed by atoms with Gasteiger partial charge < -0.3 is 14.3 Å². The first-order chi connectivity index (χ1) is 13.5. The number of oxime groups is 1. The number of hydrogen-bond donors (Lipinski definition) is 0. The number of hydrogen-bond acceptors (Lipinski definition) is 4. The van der Waals surface area contributed by atoms with Gasteiger partial charge in [0, 0.05) is 10.6 Å². The third-order valence-electron chi connectivity index (χ3n) is 3.77. The minimum absolute atomic E-state index is 0.390. The van der Waals surface area contributed by atoms with Gasteiger partial charge in [-0.3, -0.25) is 0 Å². The van der Waals surface area contributed by atoms with Crippen LogP contribution in [0.15, 0.2) is 47.6 Å². The summed E-state index contributed by atoms with van der Waals surface area (Å²) in [6, 6.07) is 9.65. The Bertz CT molecular complexity index is 777. The van der Waals surface area contributed by atoms with Gasteiger partial charge in [0.05, 0.1) is 6.21 Å². The minimum atomic E-state index is 0.390. The SMILES string of the molecule is C/C=C/COc1cc(C)c(OCc2ccc(/C=N\OC)cc2Cl)c(C)c1.CC. The first-order valence-corrected chi connectivity index (χ1v) is 9.76. The summed E-state index contributed by atoms with van der Waals surface area (Å²) in [6.07, 6.45) is 5.54. The van der Waals surface area contributed by atoms with E-state index in [4.69, 9.17) is 21.1 Å². The van der Waals surface area contributed by atoms with Crippen LogP contribution < -0.4 is 9.47 Å². The molecule has 0 N–H and O–H groups in total. The Hall–Kier alpha value is -2.46. The second-order valence-corrected chi connectivity index (χ2v) is 6.23. The standard InChI is InChI=1S/C21H24ClNO3.C2H6/c1-5-6-9-25-19-10-15(2)21(16(3)11-19)26-14-18-8-7-17(12-20(18)22)13-23-24-4;1-2/h5-8,10-13H,9,14H2,1-4H3;1-2H3/b6-5+,23-13-;. The molecule has 0 unspecified atom stereocenters. The van der Waals surface area contributed by atoms with Crippen molar-refractivity contribution in [3.63, 3.8) is 0 Å². The molecule has 4 nitrogen and oxygen atoms in total. The van der Waals surface area contributed by atoms with Gasteiger partial charge in [-0.15, -0.1) is 0 Å². The fourth-order valence-corrected chi connectivity index (χ4v) is 2.73. The van der Waals surface area contributed by atoms with Gasteiger partial charge in [-0.05, 0) is 55.7 Å². The molecule has 0 fully saturated rings. The van der Waals surface area contributed by atoms with Crippen molar-refractivity contribution in [1.82, 2.24) is 0 Å². The van der Waals surface area contributed by atoms with E-state index < -0.39 is 0 Å². The zero-order valence-electron chi connectivity index (χ0n) is 17.6. The van der Waals surface area contributed by atoms with E-state index in [0.717, 1.165) is 33.8 Å². The Morgan fingerprint density at radius 1 is 1.04 bits per heavy atom. The molecule has 0 aliphatic heterocycles. The average Bonchev–Trinajstić information content (AvgIpc) is 2.69. The summed E-state index contributed by atoms with van der Waals surface area (Å²) in [7, 11) is 1.50. The van der Waals surface area contributed by atoms with Gasteiger partial charge >= 0.3 is 0 Å². The molecule has 28 heavy (non-hydrogen) atoms. The lowest BCUT2D eigenvalue weighted by atomic mass is 10.1. The average molecular weight is 404 g/mol. The van der Waals surface area contributed by atoms with E-state index in [1.807, 2.05) is 77.1 Å². The van der Waals surface area contributed by atoms with Crippen molar-refractivity contribution in [2.24, 2.45) is 5.16 Å². The number of rotatable bonds is 8. The van der Waals surface area contributed by atoms with Crippen molar-refractivity contribution in [1.29, 1.82) is 0 Å². The van der Waals surface area contributed by atoms with Crippen molar-refractivity contribution in [2.75, 3.05) is 13.7 Å². The van der Waals surface area contributed by atoms with E-state index in [9.17, 15) is 0 Å². The Morgan fingerprint density at radius 3 is 2.29 bits per heavy atom. The Kier molecular flexibility index (Phi) is 10.8. The number of ether oxygens (including phenoxy) is 2. The molecule has 0 amide bonds. The minimum Gasteiger partial charge on any atom is -0.490 e. The monoisotopic (exact) mass is 403 g/mol. The third-order valence-corrected chi connectivity index (χ3v) is 4.12. The highest BCUT2D eigenvalue weighted by Gasteiger charge is 2.09. The fourth-order valence-electron chi connectivity index (χ4n) is 2.49. The molecule has 2 rings (SSSR count). The van der Waals surface area contributed by atoms with Crippen LogP contribution in [0.3, 0.4) is 0 Å². The van der Waals surface area contributed by atoms with Crippen molar-refractivity contribution >= 4 is 17.8 Å². The van der Waals surface area contributed by atoms with Crippen molar-refractivity contribution in [3.05, 3.63) is 69.8 Å². The number of nitrogens with zero attached hydrogens (tertiary/aromatic N) is 1. The van der Waals surface area contributed by atoms with E-state index >= 15 is 0 Å². The topological polar surface area (TPSA) is 40.0 Å². The number of benzene rings is 2. The number of aryl methyl sites for hydroxylation is 2. The van der Waals surface area contributed by atoms with Crippen LogP contribution in [0.1, 0.15) is 43.0 Å². The van der Waals surface area contributed by atoms with Gasteiger partial charge in [-0.25, -0.2) is 0 Å². The molecule has 0 aliphatic rings. The maximum Gasteiger partial charge on any atom is 0.125 e. The summed E-state index contributed by atoms with van der Waals surface area (Å²) in [4.78, 5) is 4.68. The lowest BCUT2D eigenvalue weighted by Crippen LogP contribution is -2.01. The van der Waals surface area contributed by atoms with Crippen molar-refractivity contribution in [3.8, 4) is 11.5 Å². The largest absolute Gasteiger partial charge is 0.490 e. The summed E-state index contributed by atoms with van der Waals surface area (Å²) in [5.74, 6) is 1.69. The molecule has 0 saturated carbocycles. The van der Waals surface area contributed by atoms with Crippen molar-refractivity contribution < 1.29 is 14.3 Å². The van der Waals surface area contributed by atoms with E-state index in [1.54, 1.807) is 6.21 Å². The highest BCUT2D eigenvalue weighted by molar-refractivity contribution is 6.31. The highest BCUT2D eigenvalue weighted by Crippen LogP contribution is 2.30. The second kappa shape index (κ2) is 12.8. The summed E-state index contributed by atoms with van der Waals surface area (Å²) < 4.78 is 11.7. The van der Waals surface area contributed by atoms with Gasteiger partial charge in [-0.2, -0.15) is 0 Å². The predicted molar refractivity (Wildman–Crippen MR) is 118 cm³/mol. The number of halogens is 1. The van der Waals surface area contributed by atoms with Crippen LogP contribution in [-0.4, -0.2) is 19.9 Å². The summed E-state index contributed by atoms with van der Waals surface area (Å²) >= 11 is 6.34. The maximum absolute atomic E-state index is 6.34. The molecule has 0 aliphatic carbocycles. The molecule has 0 heterocycles. The molecule has 0 radical (unpaired) electrons. The molecule has 0 aromatic heterocycles. The molecule has 152 valence electrons. The predicted octanol–water partition coefficient (Wildman–Crippen LogP) is 6.50. The quantitative estimate of drug-likeness (QED) is 0.287. The van der Waals surface area contributed by atoms with Crippen LogP contribution in [0.4, 0.5) is 0 Å². The zero-order valence-corrected chi connectivity index (χ0v) is 18.3. The molecule has 0 spiro atoms. The van der Waals surface area contributed by atoms with Crippen LogP contribution in [0.5, 0.6) is 11.5 Å². The molecule has 0 atom stereocenters. The molecular weight excluding hydrogens is 374 g/mol. The van der Waals surface area contributed by atoms with E-state index in [-0.39, 0.29) is 0 Å². The second-order valence-electron chi connectivity index (χ2n) is 5.82. The van der Waals surface area contributed by atoms with Gasteiger partial charge in [0.1, 0.15) is 31.8 Å². The molecule has 0 saturated heterocycles. The van der Waals surface area contributed by atoms with Crippen LogP contribution >= 0.6 is 11.6 Å². The van der Waals surface area contributed by atoms with E-state index in [2.05, 4.69) is 9.99 Å². The smallest absolute Gasteiger partial charge is 0.125 e. The normalized spacial score (nSPS) is 10.7. The molecule has 2 aromatic carbocycles. The van der Waals surface area contributed by atoms with E-state index in [1.165, 1.54) is 7.11 Å². The first-order valence-electron chi connectivity index (χ1n) is 9.38. The zero-order chi connectivity index (χ0) is 20.9. The van der Waals surface area contributed by atoms with Crippen LogP contribution in [0, 0.1) is 13.8 Å². The van der Waals surface area contributed by atoms with E-state index in [0.29, 0.717) is 18.2 Å². The lowest BCUT2D eigenvalue weighted by Gasteiger charge is -2.15. The molecule has 0 bridgehead atoms. The maximum atomic E-state index is 6.34. The van der Waals surface area contributed by atoms with Gasteiger partial charge in [0.25, 0.3) is 0 Å². The van der Waals surface area contributed by atoms with Crippen LogP contribution in [-0.2, 0) is 11.4 Å². The molecular formula is C23H30ClNO3. The first kappa shape index (κ1) is 23.6. The van der Waals surface area contributed by atoms with Gasteiger partial charge in [-0.1, -0.05) is 54.9 Å². The van der Waals surface area contributed by atoms with Gasteiger partial charge in [0.2, 0.25) is 0 Å². The number of allylic oxidation sites excluding steroid dienone is 1. The molecule has 5 heteroatoms. The third kappa shape index (κ3) is 7.28. The highest BCUT2D eigenvalue weighted by atomic mass is 35.5. The lowest BCUT2D eigenvalue weighted by molar-refractivity contribution is 0.215. The molecule has 2 aromatic rings. The van der Waals surface area contributed by atoms with Crippen LogP contribution in [0.2, 0.25) is 5.02 Å². The Morgan fingerprint density at radius 2 is 1.71 bits per heavy atom.